The van der Waals surface area contributed by atoms with Gasteiger partial charge in [0.2, 0.25) is 0 Å². The lowest BCUT2D eigenvalue weighted by Crippen LogP contribution is -2.21. The second-order valence-corrected chi connectivity index (χ2v) is 5.53. The Kier molecular flexibility index (Phi) is 17.4. The summed E-state index contributed by atoms with van der Waals surface area (Å²) in [6.45, 7) is 9.00. The molecule has 0 aliphatic heterocycles. The molecule has 0 bridgehead atoms. The molecule has 3 nitrogen and oxygen atoms in total. The van der Waals surface area contributed by atoms with Crippen molar-refractivity contribution >= 4 is 18.4 Å². The molecule has 1 N–H and O–H groups in total. The van der Waals surface area contributed by atoms with Crippen molar-refractivity contribution < 1.29 is 9.28 Å². The van der Waals surface area contributed by atoms with Gasteiger partial charge in [-0.1, -0.05) is 60.2 Å². The first kappa shape index (κ1) is 25.5. The molecule has 0 heterocycles. The average Bonchev–Trinajstić information content (AvgIpc) is 2.63. The quantitative estimate of drug-likeness (QED) is 0.551. The van der Waals surface area contributed by atoms with Gasteiger partial charge in [0.25, 0.3) is 0 Å². The highest BCUT2D eigenvalue weighted by Gasteiger charge is 2.05. The van der Waals surface area contributed by atoms with Gasteiger partial charge in [0.15, 0.2) is 0 Å². The van der Waals surface area contributed by atoms with Crippen molar-refractivity contribution in [3.8, 4) is 0 Å². The van der Waals surface area contributed by atoms with Gasteiger partial charge in [0.05, 0.1) is 0 Å². The molecule has 1 atom stereocenters. The molecular formula is C20H30ClFN2O. The van der Waals surface area contributed by atoms with Gasteiger partial charge in [0, 0.05) is 32.2 Å². The maximum absolute atomic E-state index is 10.8. The maximum Gasteiger partial charge on any atom is 0.106 e. The Bertz CT molecular complexity index is 525. The number of rotatable bonds is 6. The van der Waals surface area contributed by atoms with Crippen molar-refractivity contribution in [3.63, 3.8) is 0 Å². The van der Waals surface area contributed by atoms with Crippen molar-refractivity contribution in [2.75, 3.05) is 20.6 Å². The lowest BCUT2D eigenvalue weighted by molar-refractivity contribution is -0.0979. The number of nitrogens with one attached hydrogen (secondary N) is 1. The summed E-state index contributed by atoms with van der Waals surface area (Å²) < 4.78 is 10.8. The van der Waals surface area contributed by atoms with E-state index in [1.54, 1.807) is 5.54 Å². The molecule has 0 aromatic heterocycles. The van der Waals surface area contributed by atoms with E-state index in [2.05, 4.69) is 42.6 Å². The molecule has 0 saturated carbocycles. The number of nitrogens with zero attached hydrogens (tertiary/aromatic N) is 1. The van der Waals surface area contributed by atoms with Crippen LogP contribution in [0, 0.1) is 0 Å². The van der Waals surface area contributed by atoms with Crippen LogP contribution in [0.2, 0.25) is 0 Å². The van der Waals surface area contributed by atoms with E-state index in [1.807, 2.05) is 38.9 Å². The maximum atomic E-state index is 10.8. The summed E-state index contributed by atoms with van der Waals surface area (Å²) in [5.74, 6) is 0. The smallest absolute Gasteiger partial charge is 0.106 e. The SMILES string of the molecule is C=O.CN(C)F.C\C=C/C=C(CNC(C)c1ccccc1)\C(C)=C\Cl. The molecule has 140 valence electrons. The summed E-state index contributed by atoms with van der Waals surface area (Å²) in [7, 11) is 2.67. The molecule has 1 aromatic carbocycles. The van der Waals surface area contributed by atoms with Gasteiger partial charge in [-0.15, -0.1) is 4.48 Å². The molecule has 0 saturated heterocycles. The second-order valence-electron chi connectivity index (χ2n) is 5.31. The number of carbonyl (C=O) groups is 1. The Morgan fingerprint density at radius 1 is 1.32 bits per heavy atom. The van der Waals surface area contributed by atoms with Gasteiger partial charge in [-0.05, 0) is 37.5 Å². The Hall–Kier alpha value is -1.75. The fraction of sp³-hybridized carbons (Fsp3) is 0.350. The summed E-state index contributed by atoms with van der Waals surface area (Å²) >= 11 is 5.80. The van der Waals surface area contributed by atoms with Gasteiger partial charge in [0.1, 0.15) is 6.79 Å². The molecule has 0 aliphatic rings. The van der Waals surface area contributed by atoms with E-state index in [0.717, 1.165) is 12.1 Å². The summed E-state index contributed by atoms with van der Waals surface area (Å²) in [4.78, 5) is 8.00. The molecule has 0 fully saturated rings. The fourth-order valence-corrected chi connectivity index (χ4v) is 1.88. The average molecular weight is 369 g/mol. The Morgan fingerprint density at radius 3 is 2.28 bits per heavy atom. The van der Waals surface area contributed by atoms with Crippen LogP contribution in [0.4, 0.5) is 4.48 Å². The standard InChI is InChI=1S/C17H22ClN.C2H6FN.CH2O/c1-4-5-9-17(14(2)12-18)13-19-15(3)16-10-7-6-8-11-16;1-4(2)3;1-2/h4-12,15,19H,13H2,1-3H3;1-2H3;1H2/b5-4-,14-12+,17-9-;;. The first-order valence-corrected chi connectivity index (χ1v) is 8.35. The number of carbonyl (C=O) groups excluding carboxylic acids is 1. The van der Waals surface area contributed by atoms with Crippen LogP contribution in [0.3, 0.4) is 0 Å². The predicted octanol–water partition coefficient (Wildman–Crippen LogP) is 5.23. The van der Waals surface area contributed by atoms with E-state index in [1.165, 1.54) is 25.2 Å². The molecule has 1 rings (SSSR count). The topological polar surface area (TPSA) is 32.3 Å². The molecular weight excluding hydrogens is 339 g/mol. The minimum atomic E-state index is 0.318. The van der Waals surface area contributed by atoms with Crippen molar-refractivity contribution in [2.45, 2.75) is 26.8 Å². The Morgan fingerprint density at radius 2 is 1.84 bits per heavy atom. The molecule has 1 aromatic rings. The third-order valence-corrected chi connectivity index (χ3v) is 3.39. The van der Waals surface area contributed by atoms with Gasteiger partial charge in [-0.25, -0.2) is 0 Å². The van der Waals surface area contributed by atoms with Crippen LogP contribution >= 0.6 is 11.6 Å². The molecule has 0 amide bonds. The minimum Gasteiger partial charge on any atom is -0.307 e. The second kappa shape index (κ2) is 17.1. The van der Waals surface area contributed by atoms with Crippen LogP contribution < -0.4 is 5.32 Å². The highest BCUT2D eigenvalue weighted by molar-refractivity contribution is 6.25. The molecule has 5 heteroatoms. The number of allylic oxidation sites excluding steroid dienone is 3. The molecule has 25 heavy (non-hydrogen) atoms. The number of halogens is 2. The summed E-state index contributed by atoms with van der Waals surface area (Å²) in [5, 5.41) is 4.02. The zero-order chi connectivity index (χ0) is 19.7. The third kappa shape index (κ3) is 14.3. The zero-order valence-corrected chi connectivity index (χ0v) is 16.6. The van der Waals surface area contributed by atoms with Crippen LogP contribution in [0.1, 0.15) is 32.4 Å². The lowest BCUT2D eigenvalue weighted by Gasteiger charge is -2.16. The van der Waals surface area contributed by atoms with Crippen LogP contribution in [0.15, 0.2) is 65.2 Å². The van der Waals surface area contributed by atoms with E-state index in [0.29, 0.717) is 11.2 Å². The Balaban J connectivity index is 0. The third-order valence-electron chi connectivity index (χ3n) is 3.06. The largest absolute Gasteiger partial charge is 0.307 e. The minimum absolute atomic E-state index is 0.318. The van der Waals surface area contributed by atoms with Gasteiger partial charge >= 0.3 is 0 Å². The molecule has 0 radical (unpaired) electrons. The van der Waals surface area contributed by atoms with E-state index in [-0.39, 0.29) is 0 Å². The molecule has 0 aliphatic carbocycles. The van der Waals surface area contributed by atoms with Crippen molar-refractivity contribution in [1.82, 2.24) is 10.4 Å². The van der Waals surface area contributed by atoms with Gasteiger partial charge < -0.3 is 10.1 Å². The zero-order valence-electron chi connectivity index (χ0n) is 15.8. The van der Waals surface area contributed by atoms with Crippen LogP contribution in [-0.2, 0) is 4.79 Å². The van der Waals surface area contributed by atoms with E-state index in [4.69, 9.17) is 16.4 Å². The van der Waals surface area contributed by atoms with E-state index < -0.39 is 0 Å². The van der Waals surface area contributed by atoms with Crippen LogP contribution in [0.5, 0.6) is 0 Å². The lowest BCUT2D eigenvalue weighted by atomic mass is 10.1. The molecule has 0 spiro atoms. The fourth-order valence-electron chi connectivity index (χ4n) is 1.73. The Labute approximate surface area is 156 Å². The number of hydrogen-bond donors (Lipinski definition) is 1. The summed E-state index contributed by atoms with van der Waals surface area (Å²) in [6, 6.07) is 10.8. The first-order valence-electron chi connectivity index (χ1n) is 7.91. The number of benzene rings is 1. The summed E-state index contributed by atoms with van der Waals surface area (Å²) in [5.41, 5.74) is 5.22. The highest BCUT2D eigenvalue weighted by Crippen LogP contribution is 2.14. The number of hydrogen-bond acceptors (Lipinski definition) is 3. The van der Waals surface area contributed by atoms with Crippen molar-refractivity contribution in [2.24, 2.45) is 0 Å². The van der Waals surface area contributed by atoms with E-state index >= 15 is 0 Å². The first-order chi connectivity index (χ1) is 11.9. The van der Waals surface area contributed by atoms with Gasteiger partial charge in [-0.2, -0.15) is 5.12 Å². The van der Waals surface area contributed by atoms with Crippen molar-refractivity contribution in [3.05, 3.63) is 70.8 Å². The molecule has 1 unspecified atom stereocenters. The monoisotopic (exact) mass is 368 g/mol. The predicted molar refractivity (Wildman–Crippen MR) is 107 cm³/mol. The normalized spacial score (nSPS) is 13.0. The summed E-state index contributed by atoms with van der Waals surface area (Å²) in [6.07, 6.45) is 6.15. The highest BCUT2D eigenvalue weighted by atomic mass is 35.5. The van der Waals surface area contributed by atoms with Crippen LogP contribution in [-0.4, -0.2) is 32.6 Å². The van der Waals surface area contributed by atoms with Crippen molar-refractivity contribution in [1.29, 1.82) is 0 Å². The van der Waals surface area contributed by atoms with Crippen LogP contribution in [0.25, 0.3) is 0 Å². The van der Waals surface area contributed by atoms with Gasteiger partial charge in [-0.3, -0.25) is 0 Å². The van der Waals surface area contributed by atoms with E-state index in [9.17, 15) is 4.48 Å².